The molecule has 0 bridgehead atoms. The van der Waals surface area contributed by atoms with Crippen molar-refractivity contribution in [1.82, 2.24) is 19.9 Å². The zero-order chi connectivity index (χ0) is 27.0. The van der Waals surface area contributed by atoms with E-state index in [-0.39, 0.29) is 11.5 Å². The first-order valence-electron chi connectivity index (χ1n) is 11.3. The largest absolute Gasteiger partial charge is 0.444 e. The zero-order valence-corrected chi connectivity index (χ0v) is 22.9. The van der Waals surface area contributed by atoms with Crippen LogP contribution in [0.15, 0.2) is 35.1 Å². The van der Waals surface area contributed by atoms with Gasteiger partial charge in [-0.3, -0.25) is 4.79 Å². The molecule has 3 N–H and O–H groups in total. The molecule has 0 aromatic carbocycles. The number of fused-ring (bicyclic) bond motifs is 1. The van der Waals surface area contributed by atoms with Crippen LogP contribution < -0.4 is 11.1 Å². The van der Waals surface area contributed by atoms with E-state index in [1.165, 1.54) is 10.8 Å². The van der Waals surface area contributed by atoms with Gasteiger partial charge in [0.25, 0.3) is 0 Å². The number of halogens is 1. The van der Waals surface area contributed by atoms with Gasteiger partial charge in [0.1, 0.15) is 22.7 Å². The summed E-state index contributed by atoms with van der Waals surface area (Å²) in [7, 11) is 0. The third kappa shape index (κ3) is 6.39. The number of pyridine rings is 2. The summed E-state index contributed by atoms with van der Waals surface area (Å²) in [5.74, 6) is -0.300. The van der Waals surface area contributed by atoms with Crippen molar-refractivity contribution in [1.29, 1.82) is 0 Å². The number of aromatic nitrogens is 3. The van der Waals surface area contributed by atoms with Gasteiger partial charge in [-0.25, -0.2) is 24.1 Å². The molecule has 0 radical (unpaired) electrons. The van der Waals surface area contributed by atoms with Crippen LogP contribution >= 0.6 is 15.9 Å². The van der Waals surface area contributed by atoms with E-state index in [9.17, 15) is 14.4 Å². The zero-order valence-electron chi connectivity index (χ0n) is 21.3. The van der Waals surface area contributed by atoms with Gasteiger partial charge < -0.3 is 20.5 Å². The first-order valence-corrected chi connectivity index (χ1v) is 12.1. The molecule has 10 nitrogen and oxygen atoms in total. The molecule has 11 heteroatoms. The molecular weight excluding hydrogens is 530 g/mol. The van der Waals surface area contributed by atoms with Gasteiger partial charge in [-0.15, -0.1) is 0 Å². The van der Waals surface area contributed by atoms with Crippen LogP contribution in [-0.4, -0.2) is 49.7 Å². The molecule has 36 heavy (non-hydrogen) atoms. The highest BCUT2D eigenvalue weighted by molar-refractivity contribution is 9.10. The number of nitrogens with one attached hydrogen (secondary N) is 1. The van der Waals surface area contributed by atoms with Crippen molar-refractivity contribution in [2.24, 2.45) is 0 Å². The molecule has 0 aliphatic rings. The average molecular weight is 560 g/mol. The molecule has 3 heterocycles. The van der Waals surface area contributed by atoms with Gasteiger partial charge in [-0.05, 0) is 82.6 Å². The summed E-state index contributed by atoms with van der Waals surface area (Å²) in [5.41, 5.74) is 6.00. The van der Waals surface area contributed by atoms with Crippen LogP contribution in [0.3, 0.4) is 0 Å². The third-order valence-corrected chi connectivity index (χ3v) is 5.40. The number of alkyl carbamates (subject to hydrolysis) is 1. The normalized spacial score (nSPS) is 12.8. The second kappa shape index (κ2) is 9.88. The molecule has 0 aliphatic carbocycles. The Kier molecular flexibility index (Phi) is 7.45. The first-order chi connectivity index (χ1) is 16.6. The molecule has 0 saturated carbocycles. The minimum absolute atomic E-state index is 0.0717. The van der Waals surface area contributed by atoms with E-state index >= 15 is 0 Å². The smallest absolute Gasteiger partial charge is 0.420 e. The topological polar surface area (TPSA) is 138 Å². The van der Waals surface area contributed by atoms with Crippen LogP contribution in [0.25, 0.3) is 22.2 Å². The van der Waals surface area contributed by atoms with Crippen LogP contribution in [0.4, 0.5) is 15.4 Å². The number of amides is 1. The Balaban J connectivity index is 1.98. The summed E-state index contributed by atoms with van der Waals surface area (Å²) < 4.78 is 12.6. The molecule has 3 aromatic rings. The molecule has 0 spiro atoms. The Morgan fingerprint density at radius 2 is 1.72 bits per heavy atom. The van der Waals surface area contributed by atoms with E-state index in [4.69, 9.17) is 15.2 Å². The van der Waals surface area contributed by atoms with E-state index in [1.807, 2.05) is 0 Å². The Labute approximate surface area is 217 Å². The van der Waals surface area contributed by atoms with Crippen molar-refractivity contribution in [2.45, 2.75) is 65.7 Å². The molecule has 0 unspecified atom stereocenters. The minimum atomic E-state index is -0.926. The van der Waals surface area contributed by atoms with Crippen LogP contribution in [0.1, 0.15) is 59.0 Å². The Morgan fingerprint density at radius 3 is 2.33 bits per heavy atom. The van der Waals surface area contributed by atoms with Gasteiger partial charge >= 0.3 is 12.2 Å². The number of carbonyl (C=O) groups is 3. The van der Waals surface area contributed by atoms with Crippen molar-refractivity contribution < 1.29 is 23.9 Å². The number of ketones is 1. The number of rotatable bonds is 4. The third-order valence-electron chi connectivity index (χ3n) is 4.77. The average Bonchev–Trinajstić information content (AvgIpc) is 3.06. The molecule has 1 atom stereocenters. The number of nitrogen functional groups attached to an aromatic ring is 1. The Bertz CT molecular complexity index is 1340. The Hall–Kier alpha value is -3.47. The molecule has 0 fully saturated rings. The Morgan fingerprint density at radius 1 is 1.08 bits per heavy atom. The van der Waals surface area contributed by atoms with Crippen LogP contribution in [0.2, 0.25) is 0 Å². The molecule has 0 saturated heterocycles. The second-order valence-electron chi connectivity index (χ2n) is 10.3. The number of carbonyl (C=O) groups excluding carboxylic acids is 3. The number of anilines is 1. The molecule has 0 aliphatic heterocycles. The van der Waals surface area contributed by atoms with E-state index in [2.05, 4.69) is 31.2 Å². The minimum Gasteiger partial charge on any atom is -0.444 e. The predicted molar refractivity (Wildman–Crippen MR) is 140 cm³/mol. The van der Waals surface area contributed by atoms with Gasteiger partial charge in [-0.1, -0.05) is 0 Å². The van der Waals surface area contributed by atoms with Gasteiger partial charge in [0.15, 0.2) is 5.65 Å². The maximum absolute atomic E-state index is 13.3. The van der Waals surface area contributed by atoms with Gasteiger partial charge in [0.2, 0.25) is 5.78 Å². The van der Waals surface area contributed by atoms with Gasteiger partial charge in [0, 0.05) is 33.4 Å². The molecule has 192 valence electrons. The highest BCUT2D eigenvalue weighted by Crippen LogP contribution is 2.31. The summed E-state index contributed by atoms with van der Waals surface area (Å²) in [6, 6.07) is 4.09. The fraction of sp³-hybridized carbons (Fsp3) is 0.400. The predicted octanol–water partition coefficient (Wildman–Crippen LogP) is 5.32. The number of hydrogen-bond donors (Lipinski definition) is 2. The summed E-state index contributed by atoms with van der Waals surface area (Å²) >= 11 is 3.47. The van der Waals surface area contributed by atoms with Crippen LogP contribution in [0, 0.1) is 0 Å². The molecular formula is C25H30BrN5O5. The maximum Gasteiger partial charge on any atom is 0.420 e. The van der Waals surface area contributed by atoms with Gasteiger partial charge in [-0.2, -0.15) is 0 Å². The monoisotopic (exact) mass is 559 g/mol. The van der Waals surface area contributed by atoms with Gasteiger partial charge in [0.05, 0.1) is 6.04 Å². The van der Waals surface area contributed by atoms with Crippen molar-refractivity contribution in [3.63, 3.8) is 0 Å². The standard InChI is InChI=1S/C25H30BrN5O5/c1-13(29-22(33)35-24(2,3)4)20(32)19-15(8-9-18(27)30-19)14-10-16-17(26)12-31(21(16)28-11-14)23(34)36-25(5,6)7/h8-13H,1-7H3,(H2,27,30)(H,29,33)/t13-/m0/s1. The lowest BCUT2D eigenvalue weighted by molar-refractivity contribution is 0.0494. The molecule has 1 amide bonds. The summed E-state index contributed by atoms with van der Waals surface area (Å²) in [6.07, 6.45) is 1.83. The van der Waals surface area contributed by atoms with E-state index in [1.54, 1.807) is 72.9 Å². The number of hydrogen-bond acceptors (Lipinski definition) is 8. The van der Waals surface area contributed by atoms with E-state index in [0.717, 1.165) is 0 Å². The van der Waals surface area contributed by atoms with Crippen molar-refractivity contribution in [2.75, 3.05) is 5.73 Å². The quantitative estimate of drug-likeness (QED) is 0.409. The maximum atomic E-state index is 13.3. The lowest BCUT2D eigenvalue weighted by Gasteiger charge is -2.21. The number of nitrogens with zero attached hydrogens (tertiary/aromatic N) is 3. The summed E-state index contributed by atoms with van der Waals surface area (Å²) in [5, 5.41) is 3.17. The highest BCUT2D eigenvalue weighted by Gasteiger charge is 2.26. The van der Waals surface area contributed by atoms with Crippen molar-refractivity contribution >= 4 is 50.8 Å². The lowest BCUT2D eigenvalue weighted by atomic mass is 9.99. The van der Waals surface area contributed by atoms with Crippen LogP contribution in [-0.2, 0) is 9.47 Å². The summed E-state index contributed by atoms with van der Waals surface area (Å²) in [4.78, 5) is 46.8. The van der Waals surface area contributed by atoms with Crippen LogP contribution in [0.5, 0.6) is 0 Å². The SMILES string of the molecule is C[C@H](NC(=O)OC(C)(C)C)C(=O)c1nc(N)ccc1-c1cnc2c(c1)c(Br)cn2C(=O)OC(C)(C)C. The fourth-order valence-electron chi connectivity index (χ4n) is 3.32. The van der Waals surface area contributed by atoms with Crippen molar-refractivity contribution in [3.05, 3.63) is 40.8 Å². The second-order valence-corrected chi connectivity index (χ2v) is 11.1. The highest BCUT2D eigenvalue weighted by atomic mass is 79.9. The van der Waals surface area contributed by atoms with Crippen molar-refractivity contribution in [3.8, 4) is 11.1 Å². The van der Waals surface area contributed by atoms with E-state index in [0.29, 0.717) is 26.6 Å². The fourth-order valence-corrected chi connectivity index (χ4v) is 3.81. The molecule has 3 aromatic heterocycles. The first kappa shape index (κ1) is 27.1. The van der Waals surface area contributed by atoms with E-state index < -0.39 is 35.2 Å². The number of ether oxygens (including phenoxy) is 2. The number of nitrogens with two attached hydrogens (primary N) is 1. The molecule has 3 rings (SSSR count). The summed E-state index contributed by atoms with van der Waals surface area (Å²) in [6.45, 7) is 12.1. The lowest BCUT2D eigenvalue weighted by Crippen LogP contribution is -2.42. The number of Topliss-reactive ketones (excluding diaryl/α,β-unsaturated/α-hetero) is 1.